The highest BCUT2D eigenvalue weighted by atomic mass is 15.2. The van der Waals surface area contributed by atoms with Crippen LogP contribution in [0.1, 0.15) is 33.3 Å². The van der Waals surface area contributed by atoms with Gasteiger partial charge in [0.2, 0.25) is 0 Å². The molecule has 2 nitrogen and oxygen atoms in total. The van der Waals surface area contributed by atoms with Crippen LogP contribution in [0.4, 0.5) is 5.69 Å². The summed E-state index contributed by atoms with van der Waals surface area (Å²) in [6, 6.07) is 10.8. The van der Waals surface area contributed by atoms with Crippen molar-refractivity contribution in [3.63, 3.8) is 0 Å². The Morgan fingerprint density at radius 1 is 1.24 bits per heavy atom. The molecule has 0 heterocycles. The normalized spacial score (nSPS) is 11.4. The highest BCUT2D eigenvalue weighted by Gasteiger charge is 2.22. The highest BCUT2D eigenvalue weighted by Crippen LogP contribution is 2.22. The van der Waals surface area contributed by atoms with Crippen LogP contribution in [0.15, 0.2) is 24.3 Å². The molecule has 0 aliphatic rings. The zero-order valence-corrected chi connectivity index (χ0v) is 11.5. The number of benzene rings is 1. The predicted molar refractivity (Wildman–Crippen MR) is 73.1 cm³/mol. The van der Waals surface area contributed by atoms with Crippen LogP contribution in [-0.4, -0.2) is 12.6 Å². The smallest absolute Gasteiger partial charge is 0.121 e. The number of hydrogen-bond donors (Lipinski definition) is 0. The predicted octanol–water partition coefficient (Wildman–Crippen LogP) is 3.62. The molecule has 1 aromatic carbocycles. The van der Waals surface area contributed by atoms with Gasteiger partial charge in [-0.15, -0.1) is 0 Å². The minimum absolute atomic E-state index is 0.473. The topological polar surface area (TPSA) is 27.0 Å². The summed E-state index contributed by atoms with van der Waals surface area (Å²) in [5, 5.41) is 9.11. The van der Waals surface area contributed by atoms with Crippen molar-refractivity contribution >= 4 is 5.69 Å². The van der Waals surface area contributed by atoms with E-state index in [0.29, 0.717) is 5.92 Å². The van der Waals surface area contributed by atoms with Gasteiger partial charge in [-0.25, -0.2) is 0 Å². The molecule has 0 aromatic heterocycles. The largest absolute Gasteiger partial charge is 0.357 e. The van der Waals surface area contributed by atoms with Crippen molar-refractivity contribution in [2.24, 2.45) is 5.92 Å². The average molecular weight is 230 g/mol. The SMILES string of the molecule is CC(C)Cc1ccc(N(C)C(C)(C)C#N)cc1. The van der Waals surface area contributed by atoms with Crippen LogP contribution < -0.4 is 4.90 Å². The first-order valence-corrected chi connectivity index (χ1v) is 6.11. The molecule has 0 N–H and O–H groups in total. The van der Waals surface area contributed by atoms with E-state index in [1.54, 1.807) is 0 Å². The first-order chi connectivity index (χ1) is 7.86. The van der Waals surface area contributed by atoms with Gasteiger partial charge in [-0.3, -0.25) is 0 Å². The van der Waals surface area contributed by atoms with E-state index in [4.69, 9.17) is 5.26 Å². The minimum Gasteiger partial charge on any atom is -0.357 e. The second-order valence-electron chi connectivity index (χ2n) is 5.49. The van der Waals surface area contributed by atoms with Crippen molar-refractivity contribution in [2.45, 2.75) is 39.7 Å². The van der Waals surface area contributed by atoms with Gasteiger partial charge < -0.3 is 4.90 Å². The fraction of sp³-hybridized carbons (Fsp3) is 0.533. The number of nitrogens with zero attached hydrogens (tertiary/aromatic N) is 2. The van der Waals surface area contributed by atoms with E-state index in [2.05, 4.69) is 44.2 Å². The Balaban J connectivity index is 2.85. The van der Waals surface area contributed by atoms with Gasteiger partial charge in [-0.1, -0.05) is 26.0 Å². The maximum atomic E-state index is 9.11. The molecule has 0 unspecified atom stereocenters. The zero-order chi connectivity index (χ0) is 13.1. The molecule has 0 saturated heterocycles. The Hall–Kier alpha value is -1.49. The maximum absolute atomic E-state index is 9.11. The molecular weight excluding hydrogens is 208 g/mol. The maximum Gasteiger partial charge on any atom is 0.121 e. The average Bonchev–Trinajstić information content (AvgIpc) is 2.28. The van der Waals surface area contributed by atoms with Crippen LogP contribution in [-0.2, 0) is 6.42 Å². The Kier molecular flexibility index (Phi) is 4.17. The summed E-state index contributed by atoms with van der Waals surface area (Å²) in [4.78, 5) is 2.01. The van der Waals surface area contributed by atoms with Gasteiger partial charge in [0, 0.05) is 12.7 Å². The number of anilines is 1. The summed E-state index contributed by atoms with van der Waals surface area (Å²) in [5.41, 5.74) is 1.97. The van der Waals surface area contributed by atoms with Gasteiger partial charge in [0.25, 0.3) is 0 Å². The third kappa shape index (κ3) is 3.49. The summed E-state index contributed by atoms with van der Waals surface area (Å²) < 4.78 is 0. The fourth-order valence-corrected chi connectivity index (χ4v) is 1.72. The molecule has 0 amide bonds. The van der Waals surface area contributed by atoms with Crippen molar-refractivity contribution in [2.75, 3.05) is 11.9 Å². The minimum atomic E-state index is -0.473. The monoisotopic (exact) mass is 230 g/mol. The molecule has 0 radical (unpaired) electrons. The molecule has 17 heavy (non-hydrogen) atoms. The van der Waals surface area contributed by atoms with E-state index in [9.17, 15) is 0 Å². The van der Waals surface area contributed by atoms with Gasteiger partial charge in [-0.2, -0.15) is 5.26 Å². The number of rotatable bonds is 4. The summed E-state index contributed by atoms with van der Waals surface area (Å²) in [6.07, 6.45) is 1.10. The molecule has 0 aliphatic carbocycles. The Morgan fingerprint density at radius 3 is 2.18 bits per heavy atom. The van der Waals surface area contributed by atoms with Crippen molar-refractivity contribution in [3.8, 4) is 6.07 Å². The molecule has 2 heteroatoms. The molecule has 0 aliphatic heterocycles. The Morgan fingerprint density at radius 2 is 1.76 bits per heavy atom. The van der Waals surface area contributed by atoms with E-state index in [0.717, 1.165) is 12.1 Å². The summed E-state index contributed by atoms with van der Waals surface area (Å²) in [7, 11) is 1.96. The van der Waals surface area contributed by atoms with E-state index in [1.165, 1.54) is 5.56 Å². The van der Waals surface area contributed by atoms with E-state index in [1.807, 2.05) is 25.8 Å². The summed E-state index contributed by atoms with van der Waals surface area (Å²) in [5.74, 6) is 0.675. The third-order valence-corrected chi connectivity index (χ3v) is 3.08. The Labute approximate surface area is 105 Å². The Bertz CT molecular complexity index is 396. The van der Waals surface area contributed by atoms with Crippen LogP contribution in [0.2, 0.25) is 0 Å². The van der Waals surface area contributed by atoms with Crippen LogP contribution in [0, 0.1) is 17.2 Å². The second-order valence-corrected chi connectivity index (χ2v) is 5.49. The first kappa shape index (κ1) is 13.6. The molecule has 0 atom stereocenters. The fourth-order valence-electron chi connectivity index (χ4n) is 1.72. The summed E-state index contributed by atoms with van der Waals surface area (Å²) in [6.45, 7) is 8.29. The molecule has 0 bridgehead atoms. The van der Waals surface area contributed by atoms with Crippen LogP contribution in [0.3, 0.4) is 0 Å². The highest BCUT2D eigenvalue weighted by molar-refractivity contribution is 5.50. The van der Waals surface area contributed by atoms with E-state index >= 15 is 0 Å². The lowest BCUT2D eigenvalue weighted by Crippen LogP contribution is -2.39. The van der Waals surface area contributed by atoms with E-state index < -0.39 is 5.54 Å². The quantitative estimate of drug-likeness (QED) is 0.790. The molecule has 0 saturated carbocycles. The number of hydrogen-bond acceptors (Lipinski definition) is 2. The standard InChI is InChI=1S/C15H22N2/c1-12(2)10-13-6-8-14(9-7-13)17(5)15(3,4)11-16/h6-9,12H,10H2,1-5H3. The summed E-state index contributed by atoms with van der Waals surface area (Å²) >= 11 is 0. The molecular formula is C15H22N2. The van der Waals surface area contributed by atoms with Gasteiger partial charge in [0.05, 0.1) is 6.07 Å². The van der Waals surface area contributed by atoms with Crippen molar-refractivity contribution in [1.29, 1.82) is 5.26 Å². The van der Waals surface area contributed by atoms with Gasteiger partial charge in [0.15, 0.2) is 0 Å². The zero-order valence-electron chi connectivity index (χ0n) is 11.5. The lowest BCUT2D eigenvalue weighted by Gasteiger charge is -2.31. The van der Waals surface area contributed by atoms with Crippen molar-refractivity contribution in [1.82, 2.24) is 0 Å². The van der Waals surface area contributed by atoms with Gasteiger partial charge in [-0.05, 0) is 43.9 Å². The van der Waals surface area contributed by atoms with Crippen molar-refractivity contribution in [3.05, 3.63) is 29.8 Å². The third-order valence-electron chi connectivity index (χ3n) is 3.08. The molecule has 92 valence electrons. The van der Waals surface area contributed by atoms with Gasteiger partial charge in [0.1, 0.15) is 5.54 Å². The van der Waals surface area contributed by atoms with E-state index in [-0.39, 0.29) is 0 Å². The second kappa shape index (κ2) is 5.23. The van der Waals surface area contributed by atoms with Crippen molar-refractivity contribution < 1.29 is 0 Å². The molecule has 1 aromatic rings. The van der Waals surface area contributed by atoms with Crippen LogP contribution in [0.5, 0.6) is 0 Å². The van der Waals surface area contributed by atoms with Gasteiger partial charge >= 0.3 is 0 Å². The first-order valence-electron chi connectivity index (χ1n) is 6.11. The van der Waals surface area contributed by atoms with Crippen LogP contribution >= 0.6 is 0 Å². The molecule has 1 rings (SSSR count). The number of nitriles is 1. The van der Waals surface area contributed by atoms with Crippen LogP contribution in [0.25, 0.3) is 0 Å². The lowest BCUT2D eigenvalue weighted by molar-refractivity contribution is 0.616. The molecule has 0 spiro atoms. The molecule has 0 fully saturated rings. The lowest BCUT2D eigenvalue weighted by atomic mass is 10.0.